The number of nitrogens with one attached hydrogen (secondary N) is 1. The van der Waals surface area contributed by atoms with Crippen LogP contribution in [0.25, 0.3) is 5.65 Å². The Kier molecular flexibility index (Phi) is 4.22. The van der Waals surface area contributed by atoms with Crippen molar-refractivity contribution in [1.29, 1.82) is 0 Å². The zero-order valence-electron chi connectivity index (χ0n) is 11.0. The van der Waals surface area contributed by atoms with Gasteiger partial charge in [-0.3, -0.25) is 0 Å². The van der Waals surface area contributed by atoms with Gasteiger partial charge in [0.1, 0.15) is 0 Å². The Bertz CT molecular complexity index is 521. The average molecular weight is 311 g/mol. The average Bonchev–Trinajstić information content (AvgIpc) is 2.70. The van der Waals surface area contributed by atoms with Crippen molar-refractivity contribution in [2.24, 2.45) is 5.92 Å². The molecule has 0 amide bonds. The lowest BCUT2D eigenvalue weighted by molar-refractivity contribution is 0.526. The highest BCUT2D eigenvalue weighted by Crippen LogP contribution is 2.17. The van der Waals surface area contributed by atoms with Gasteiger partial charge in [0.25, 0.3) is 0 Å². The summed E-state index contributed by atoms with van der Waals surface area (Å²) in [7, 11) is 0. The number of halogens is 1. The van der Waals surface area contributed by atoms with Crippen molar-refractivity contribution in [1.82, 2.24) is 14.6 Å². The summed E-state index contributed by atoms with van der Waals surface area (Å²) < 4.78 is 2.74. The van der Waals surface area contributed by atoms with Crippen molar-refractivity contribution in [2.45, 2.75) is 39.7 Å². The van der Waals surface area contributed by atoms with E-state index in [1.54, 1.807) is 4.52 Å². The largest absolute Gasteiger partial charge is 0.350 e. The molecule has 0 radical (unpaired) electrons. The molecular weight excluding hydrogens is 292 g/mol. The Balaban J connectivity index is 2.05. The lowest BCUT2D eigenvalue weighted by atomic mass is 10.0. The maximum atomic E-state index is 4.47. The van der Waals surface area contributed by atoms with Crippen molar-refractivity contribution in [3.8, 4) is 0 Å². The van der Waals surface area contributed by atoms with Crippen LogP contribution in [0.1, 0.15) is 33.6 Å². The first-order valence-electron chi connectivity index (χ1n) is 6.33. The zero-order valence-corrected chi connectivity index (χ0v) is 12.6. The van der Waals surface area contributed by atoms with E-state index < -0.39 is 0 Å². The van der Waals surface area contributed by atoms with Crippen molar-refractivity contribution in [3.05, 3.63) is 22.8 Å². The van der Waals surface area contributed by atoms with Gasteiger partial charge in [0.05, 0.1) is 4.47 Å². The summed E-state index contributed by atoms with van der Waals surface area (Å²) in [6, 6.07) is 4.30. The van der Waals surface area contributed by atoms with E-state index >= 15 is 0 Å². The van der Waals surface area contributed by atoms with E-state index in [0.29, 0.717) is 12.0 Å². The highest BCUT2D eigenvalue weighted by Gasteiger charge is 2.09. The molecule has 1 N–H and O–H groups in total. The molecule has 1 atom stereocenters. The van der Waals surface area contributed by atoms with Crippen LogP contribution < -0.4 is 5.32 Å². The number of rotatable bonds is 5. The van der Waals surface area contributed by atoms with Crippen LogP contribution in [0.2, 0.25) is 0 Å². The fourth-order valence-electron chi connectivity index (χ4n) is 1.81. The van der Waals surface area contributed by atoms with E-state index in [9.17, 15) is 0 Å². The first-order valence-corrected chi connectivity index (χ1v) is 7.13. The lowest BCUT2D eigenvalue weighted by Crippen LogP contribution is -2.16. The molecule has 0 spiro atoms. The van der Waals surface area contributed by atoms with Gasteiger partial charge >= 0.3 is 0 Å². The van der Waals surface area contributed by atoms with Gasteiger partial charge in [0.2, 0.25) is 5.95 Å². The van der Waals surface area contributed by atoms with Gasteiger partial charge < -0.3 is 5.32 Å². The smallest absolute Gasteiger partial charge is 0.243 e. The first kappa shape index (κ1) is 13.3. The van der Waals surface area contributed by atoms with Gasteiger partial charge in [-0.05, 0) is 53.7 Å². The second kappa shape index (κ2) is 5.69. The highest BCUT2D eigenvalue weighted by molar-refractivity contribution is 9.10. The fourth-order valence-corrected chi connectivity index (χ4v) is 2.23. The van der Waals surface area contributed by atoms with E-state index in [2.05, 4.69) is 52.1 Å². The first-order chi connectivity index (χ1) is 8.56. The number of anilines is 1. The SMILES string of the molecule is CC(C)CCC(C)Nc1nc2c(Br)cccn2n1. The standard InChI is InChI=1S/C13H19BrN4/c1-9(2)6-7-10(3)15-13-16-12-11(14)5-4-8-18(12)17-13/h4-5,8-10H,6-7H2,1-3H3,(H,15,17). The molecular formula is C13H19BrN4. The number of aromatic nitrogens is 3. The van der Waals surface area contributed by atoms with Crippen molar-refractivity contribution in [3.63, 3.8) is 0 Å². The van der Waals surface area contributed by atoms with E-state index in [-0.39, 0.29) is 0 Å². The molecule has 98 valence electrons. The number of fused-ring (bicyclic) bond motifs is 1. The topological polar surface area (TPSA) is 42.2 Å². The van der Waals surface area contributed by atoms with Crippen LogP contribution in [0.15, 0.2) is 22.8 Å². The quantitative estimate of drug-likeness (QED) is 0.915. The Hall–Kier alpha value is -1.10. The van der Waals surface area contributed by atoms with Gasteiger partial charge in [-0.1, -0.05) is 13.8 Å². The molecule has 5 heteroatoms. The molecule has 0 aliphatic heterocycles. The molecule has 0 saturated heterocycles. The summed E-state index contributed by atoms with van der Waals surface area (Å²) in [5.74, 6) is 1.43. The molecule has 2 aromatic heterocycles. The number of hydrogen-bond acceptors (Lipinski definition) is 3. The summed E-state index contributed by atoms with van der Waals surface area (Å²) in [6.45, 7) is 6.66. The second-order valence-corrected chi connectivity index (χ2v) is 5.93. The van der Waals surface area contributed by atoms with Crippen LogP contribution in [0, 0.1) is 5.92 Å². The summed E-state index contributed by atoms with van der Waals surface area (Å²) >= 11 is 3.48. The molecule has 18 heavy (non-hydrogen) atoms. The molecule has 0 fully saturated rings. The molecule has 2 rings (SSSR count). The highest BCUT2D eigenvalue weighted by atomic mass is 79.9. The molecule has 0 bridgehead atoms. The van der Waals surface area contributed by atoms with Gasteiger partial charge in [-0.25, -0.2) is 4.52 Å². The number of pyridine rings is 1. The summed E-state index contributed by atoms with van der Waals surface area (Å²) in [5.41, 5.74) is 0.844. The third kappa shape index (κ3) is 3.22. The van der Waals surface area contributed by atoms with Gasteiger partial charge in [0.15, 0.2) is 5.65 Å². The third-order valence-electron chi connectivity index (χ3n) is 2.87. The second-order valence-electron chi connectivity index (χ2n) is 5.08. The van der Waals surface area contributed by atoms with Crippen LogP contribution in [0.5, 0.6) is 0 Å². The van der Waals surface area contributed by atoms with E-state index in [1.807, 2.05) is 18.3 Å². The summed E-state index contributed by atoms with van der Waals surface area (Å²) in [6.07, 6.45) is 4.25. The third-order valence-corrected chi connectivity index (χ3v) is 3.49. The maximum absolute atomic E-state index is 4.47. The molecule has 4 nitrogen and oxygen atoms in total. The fraction of sp³-hybridized carbons (Fsp3) is 0.538. The van der Waals surface area contributed by atoms with Gasteiger partial charge in [-0.15, -0.1) is 5.10 Å². The van der Waals surface area contributed by atoms with E-state index in [1.165, 1.54) is 6.42 Å². The van der Waals surface area contributed by atoms with E-state index in [0.717, 1.165) is 22.5 Å². The minimum Gasteiger partial charge on any atom is -0.350 e. The minimum atomic E-state index is 0.392. The Morgan fingerprint density at radius 2 is 2.11 bits per heavy atom. The van der Waals surface area contributed by atoms with Crippen LogP contribution in [-0.2, 0) is 0 Å². The van der Waals surface area contributed by atoms with Crippen LogP contribution in [0.3, 0.4) is 0 Å². The van der Waals surface area contributed by atoms with Crippen molar-refractivity contribution >= 4 is 27.5 Å². The number of nitrogens with zero attached hydrogens (tertiary/aromatic N) is 3. The monoisotopic (exact) mass is 310 g/mol. The summed E-state index contributed by atoms with van der Waals surface area (Å²) in [5, 5.41) is 7.76. The molecule has 1 unspecified atom stereocenters. The molecule has 0 aromatic carbocycles. The predicted molar refractivity (Wildman–Crippen MR) is 77.8 cm³/mol. The predicted octanol–water partition coefficient (Wildman–Crippen LogP) is 3.73. The van der Waals surface area contributed by atoms with Gasteiger partial charge in [0, 0.05) is 12.2 Å². The van der Waals surface area contributed by atoms with Gasteiger partial charge in [-0.2, -0.15) is 4.98 Å². The molecule has 2 aromatic rings. The maximum Gasteiger partial charge on any atom is 0.243 e. The van der Waals surface area contributed by atoms with Crippen molar-refractivity contribution < 1.29 is 0 Å². The summed E-state index contributed by atoms with van der Waals surface area (Å²) in [4.78, 5) is 4.47. The lowest BCUT2D eigenvalue weighted by Gasteiger charge is -2.13. The molecule has 2 heterocycles. The van der Waals surface area contributed by atoms with Crippen molar-refractivity contribution in [2.75, 3.05) is 5.32 Å². The Morgan fingerprint density at radius 1 is 1.33 bits per heavy atom. The minimum absolute atomic E-state index is 0.392. The number of hydrogen-bond donors (Lipinski definition) is 1. The van der Waals surface area contributed by atoms with Crippen LogP contribution in [0.4, 0.5) is 5.95 Å². The zero-order chi connectivity index (χ0) is 13.1. The van der Waals surface area contributed by atoms with E-state index in [4.69, 9.17) is 0 Å². The Morgan fingerprint density at radius 3 is 2.78 bits per heavy atom. The van der Waals surface area contributed by atoms with Crippen LogP contribution >= 0.6 is 15.9 Å². The Labute approximate surface area is 116 Å². The molecule has 0 saturated carbocycles. The molecule has 0 aliphatic carbocycles. The van der Waals surface area contributed by atoms with Crippen LogP contribution in [-0.4, -0.2) is 20.6 Å². The molecule has 0 aliphatic rings. The normalized spacial score (nSPS) is 13.2.